The number of nitrogens with two attached hydrogens (primary N) is 1. The Morgan fingerprint density at radius 3 is 2.80 bits per heavy atom. The first-order chi connectivity index (χ1) is 9.72. The molecule has 1 saturated carbocycles. The van der Waals surface area contributed by atoms with Crippen LogP contribution in [-0.4, -0.2) is 26.4 Å². The molecule has 2 N–H and O–H groups in total. The van der Waals surface area contributed by atoms with Crippen molar-refractivity contribution in [3.8, 4) is 5.75 Å². The van der Waals surface area contributed by atoms with Gasteiger partial charge in [0.2, 0.25) is 0 Å². The fourth-order valence-corrected chi connectivity index (χ4v) is 2.30. The highest BCUT2D eigenvalue weighted by atomic mass is 16.5. The van der Waals surface area contributed by atoms with Crippen LogP contribution < -0.4 is 10.5 Å². The summed E-state index contributed by atoms with van der Waals surface area (Å²) in [4.78, 5) is 0. The number of benzene rings is 1. The van der Waals surface area contributed by atoms with Crippen LogP contribution in [0.2, 0.25) is 0 Å². The summed E-state index contributed by atoms with van der Waals surface area (Å²) >= 11 is 0. The smallest absolute Gasteiger partial charge is 0.122 e. The summed E-state index contributed by atoms with van der Waals surface area (Å²) in [6.07, 6.45) is 5.52. The Balaban J connectivity index is 1.89. The first-order valence-corrected chi connectivity index (χ1v) is 7.72. The molecule has 3 heteroatoms. The summed E-state index contributed by atoms with van der Waals surface area (Å²) < 4.78 is 11.1. The summed E-state index contributed by atoms with van der Waals surface area (Å²) in [6.45, 7) is 3.86. The van der Waals surface area contributed by atoms with Gasteiger partial charge in [0.1, 0.15) is 5.75 Å². The zero-order valence-electron chi connectivity index (χ0n) is 12.7. The highest BCUT2D eigenvalue weighted by Crippen LogP contribution is 2.28. The Bertz CT molecular complexity index is 415. The molecule has 0 saturated heterocycles. The molecule has 1 unspecified atom stereocenters. The second-order valence-corrected chi connectivity index (χ2v) is 5.79. The van der Waals surface area contributed by atoms with Gasteiger partial charge in [-0.25, -0.2) is 0 Å². The number of hydrogen-bond acceptors (Lipinski definition) is 3. The Labute approximate surface area is 122 Å². The fraction of sp³-hybridized carbons (Fsp3) is 0.647. The summed E-state index contributed by atoms with van der Waals surface area (Å²) in [5.41, 5.74) is 8.58. The van der Waals surface area contributed by atoms with E-state index in [1.807, 2.05) is 6.07 Å². The van der Waals surface area contributed by atoms with Gasteiger partial charge in [0.25, 0.3) is 0 Å². The molecule has 112 valence electrons. The molecular formula is C17H27NO2. The molecule has 3 nitrogen and oxygen atoms in total. The van der Waals surface area contributed by atoms with Crippen LogP contribution in [0.5, 0.6) is 5.75 Å². The van der Waals surface area contributed by atoms with Crippen LogP contribution in [0.3, 0.4) is 0 Å². The van der Waals surface area contributed by atoms with Crippen LogP contribution >= 0.6 is 0 Å². The van der Waals surface area contributed by atoms with Gasteiger partial charge in [0.05, 0.1) is 13.7 Å². The summed E-state index contributed by atoms with van der Waals surface area (Å²) in [5.74, 6) is 1.78. The summed E-state index contributed by atoms with van der Waals surface area (Å²) in [6, 6.07) is 6.59. The Hall–Kier alpha value is -1.06. The maximum Gasteiger partial charge on any atom is 0.122 e. The van der Waals surface area contributed by atoms with Crippen molar-refractivity contribution in [2.45, 2.75) is 45.1 Å². The lowest BCUT2D eigenvalue weighted by atomic mass is 10.0. The monoisotopic (exact) mass is 277 g/mol. The van der Waals surface area contributed by atoms with Crippen molar-refractivity contribution >= 4 is 0 Å². The van der Waals surface area contributed by atoms with E-state index in [1.165, 1.54) is 24.0 Å². The van der Waals surface area contributed by atoms with E-state index in [4.69, 9.17) is 15.2 Å². The van der Waals surface area contributed by atoms with Gasteiger partial charge in [0.15, 0.2) is 0 Å². The molecule has 1 aliphatic rings. The standard InChI is InChI=1S/C17H27NO2/c1-3-16(18)11-15-10-13(6-7-17(15)19-2)8-9-20-12-14-4-5-14/h6-7,10,14,16H,3-5,8-9,11-12,18H2,1-2H3. The van der Waals surface area contributed by atoms with Crippen LogP contribution in [0.1, 0.15) is 37.3 Å². The molecule has 0 heterocycles. The number of methoxy groups -OCH3 is 1. The summed E-state index contributed by atoms with van der Waals surface area (Å²) in [5, 5.41) is 0. The number of ether oxygens (including phenoxy) is 2. The highest BCUT2D eigenvalue weighted by Gasteiger charge is 2.20. The lowest BCUT2D eigenvalue weighted by Crippen LogP contribution is -2.21. The Morgan fingerprint density at radius 1 is 1.35 bits per heavy atom. The van der Waals surface area contributed by atoms with Gasteiger partial charge in [-0.2, -0.15) is 0 Å². The molecule has 0 amide bonds. The van der Waals surface area contributed by atoms with E-state index in [2.05, 4.69) is 19.1 Å². The summed E-state index contributed by atoms with van der Waals surface area (Å²) in [7, 11) is 1.72. The molecular weight excluding hydrogens is 250 g/mol. The van der Waals surface area contributed by atoms with Gasteiger partial charge in [0, 0.05) is 12.6 Å². The quantitative estimate of drug-likeness (QED) is 0.706. The fourth-order valence-electron chi connectivity index (χ4n) is 2.30. The van der Waals surface area contributed by atoms with Crippen LogP contribution in [-0.2, 0) is 17.6 Å². The third-order valence-electron chi connectivity index (χ3n) is 3.94. The molecule has 2 rings (SSSR count). The predicted molar refractivity (Wildman–Crippen MR) is 82.2 cm³/mol. The molecule has 0 radical (unpaired) electrons. The molecule has 0 aliphatic heterocycles. The van der Waals surface area contributed by atoms with Crippen LogP contribution in [0.15, 0.2) is 18.2 Å². The Morgan fingerprint density at radius 2 is 2.15 bits per heavy atom. The second kappa shape index (κ2) is 7.65. The maximum atomic E-state index is 6.06. The molecule has 1 aliphatic carbocycles. The minimum atomic E-state index is 0.199. The van der Waals surface area contributed by atoms with Gasteiger partial charge < -0.3 is 15.2 Å². The predicted octanol–water partition coefficient (Wildman–Crippen LogP) is 2.94. The van der Waals surface area contributed by atoms with Crippen LogP contribution in [0.25, 0.3) is 0 Å². The van der Waals surface area contributed by atoms with Crippen molar-refractivity contribution in [2.75, 3.05) is 20.3 Å². The van der Waals surface area contributed by atoms with Crippen molar-refractivity contribution in [2.24, 2.45) is 11.7 Å². The van der Waals surface area contributed by atoms with Gasteiger partial charge >= 0.3 is 0 Å². The largest absolute Gasteiger partial charge is 0.496 e. The van der Waals surface area contributed by atoms with Gasteiger partial charge in [-0.1, -0.05) is 19.1 Å². The van der Waals surface area contributed by atoms with Crippen molar-refractivity contribution < 1.29 is 9.47 Å². The lowest BCUT2D eigenvalue weighted by molar-refractivity contribution is 0.127. The van der Waals surface area contributed by atoms with Gasteiger partial charge in [-0.15, -0.1) is 0 Å². The molecule has 1 atom stereocenters. The molecule has 0 spiro atoms. The van der Waals surface area contributed by atoms with Crippen molar-refractivity contribution in [3.05, 3.63) is 29.3 Å². The van der Waals surface area contributed by atoms with Gasteiger partial charge in [-0.3, -0.25) is 0 Å². The Kier molecular flexibility index (Phi) is 5.86. The zero-order valence-corrected chi connectivity index (χ0v) is 12.7. The van der Waals surface area contributed by atoms with Gasteiger partial charge in [-0.05, 0) is 55.2 Å². The minimum absolute atomic E-state index is 0.199. The molecule has 1 aromatic rings. The molecule has 1 fully saturated rings. The highest BCUT2D eigenvalue weighted by molar-refractivity contribution is 5.38. The van der Waals surface area contributed by atoms with Crippen molar-refractivity contribution in [1.82, 2.24) is 0 Å². The first kappa shape index (κ1) is 15.3. The SMILES string of the molecule is CCC(N)Cc1cc(CCOCC2CC2)ccc1OC. The van der Waals surface area contributed by atoms with E-state index < -0.39 is 0 Å². The van der Waals surface area contributed by atoms with E-state index in [1.54, 1.807) is 7.11 Å². The topological polar surface area (TPSA) is 44.5 Å². The number of rotatable bonds is 9. The minimum Gasteiger partial charge on any atom is -0.496 e. The van der Waals surface area contributed by atoms with Crippen molar-refractivity contribution in [3.63, 3.8) is 0 Å². The van der Waals surface area contributed by atoms with Crippen LogP contribution in [0.4, 0.5) is 0 Å². The van der Waals surface area contributed by atoms with Crippen LogP contribution in [0, 0.1) is 5.92 Å². The third kappa shape index (κ3) is 4.80. The van der Waals surface area contributed by atoms with E-state index in [9.17, 15) is 0 Å². The number of hydrogen-bond donors (Lipinski definition) is 1. The molecule has 0 bridgehead atoms. The molecule has 20 heavy (non-hydrogen) atoms. The van der Waals surface area contributed by atoms with E-state index >= 15 is 0 Å². The van der Waals surface area contributed by atoms with E-state index in [0.717, 1.165) is 44.1 Å². The molecule has 1 aromatic carbocycles. The average Bonchev–Trinajstić information content (AvgIpc) is 3.28. The lowest BCUT2D eigenvalue weighted by Gasteiger charge is -2.14. The van der Waals surface area contributed by atoms with E-state index in [0.29, 0.717) is 0 Å². The first-order valence-electron chi connectivity index (χ1n) is 7.72. The van der Waals surface area contributed by atoms with Crippen molar-refractivity contribution in [1.29, 1.82) is 0 Å². The average molecular weight is 277 g/mol. The van der Waals surface area contributed by atoms with E-state index in [-0.39, 0.29) is 6.04 Å². The second-order valence-electron chi connectivity index (χ2n) is 5.79. The normalized spacial score (nSPS) is 16.1. The molecule has 0 aromatic heterocycles. The third-order valence-corrected chi connectivity index (χ3v) is 3.94. The maximum absolute atomic E-state index is 6.06. The zero-order chi connectivity index (χ0) is 14.4.